The first-order valence-electron chi connectivity index (χ1n) is 4.79. The van der Waals surface area contributed by atoms with Gasteiger partial charge in [0.15, 0.2) is 0 Å². The Morgan fingerprint density at radius 1 is 1.62 bits per heavy atom. The molecule has 4 nitrogen and oxygen atoms in total. The molecule has 1 aromatic heterocycles. The zero-order valence-corrected chi connectivity index (χ0v) is 8.27. The molecule has 0 amide bonds. The normalized spacial score (nSPS) is 13.2. The molecule has 1 rings (SSSR count). The van der Waals surface area contributed by atoms with Gasteiger partial charge in [-0.25, -0.2) is 4.68 Å². The number of aliphatic hydroxyl groups is 1. The first-order chi connectivity index (χ1) is 6.27. The molecule has 4 heteroatoms. The van der Waals surface area contributed by atoms with Gasteiger partial charge in [-0.3, -0.25) is 0 Å². The van der Waals surface area contributed by atoms with Crippen LogP contribution in [0, 0.1) is 0 Å². The van der Waals surface area contributed by atoms with Crippen LogP contribution in [-0.4, -0.2) is 26.7 Å². The summed E-state index contributed by atoms with van der Waals surface area (Å²) in [7, 11) is 0. The van der Waals surface area contributed by atoms with Gasteiger partial charge in [0.2, 0.25) is 0 Å². The predicted molar refractivity (Wildman–Crippen MR) is 50.4 cm³/mol. The van der Waals surface area contributed by atoms with Gasteiger partial charge in [-0.05, 0) is 13.3 Å². The molecule has 0 aromatic carbocycles. The molecule has 0 radical (unpaired) electrons. The zero-order valence-electron chi connectivity index (χ0n) is 8.27. The molecule has 0 spiro atoms. The molecule has 0 saturated carbocycles. The Morgan fingerprint density at radius 3 is 3.00 bits per heavy atom. The third-order valence-electron chi connectivity index (χ3n) is 2.08. The highest BCUT2D eigenvalue weighted by atomic mass is 16.3. The third kappa shape index (κ3) is 2.81. The maximum atomic E-state index is 8.69. The second-order valence-electron chi connectivity index (χ2n) is 3.30. The van der Waals surface area contributed by atoms with Crippen molar-refractivity contribution in [2.24, 2.45) is 0 Å². The Balaban J connectivity index is 2.56. The summed E-state index contributed by atoms with van der Waals surface area (Å²) in [6.07, 6.45) is 4.77. The van der Waals surface area contributed by atoms with Crippen molar-refractivity contribution in [3.05, 3.63) is 11.9 Å². The summed E-state index contributed by atoms with van der Waals surface area (Å²) in [6.45, 7) is 4.42. The summed E-state index contributed by atoms with van der Waals surface area (Å²) in [4.78, 5) is 0. The van der Waals surface area contributed by atoms with Crippen LogP contribution < -0.4 is 0 Å². The molecule has 0 fully saturated rings. The molecule has 0 aliphatic rings. The highest BCUT2D eigenvalue weighted by Gasteiger charge is 2.06. The lowest BCUT2D eigenvalue weighted by Gasteiger charge is -2.08. The van der Waals surface area contributed by atoms with E-state index in [-0.39, 0.29) is 6.61 Å². The Bertz CT molecular complexity index is 247. The highest BCUT2D eigenvalue weighted by molar-refractivity contribution is 4.93. The van der Waals surface area contributed by atoms with Crippen LogP contribution in [0.5, 0.6) is 0 Å². The second kappa shape index (κ2) is 4.97. The fraction of sp³-hybridized carbons (Fsp3) is 0.778. The maximum absolute atomic E-state index is 8.69. The van der Waals surface area contributed by atoms with Crippen molar-refractivity contribution in [1.82, 2.24) is 15.0 Å². The van der Waals surface area contributed by atoms with Crippen LogP contribution in [0.2, 0.25) is 0 Å². The second-order valence-corrected chi connectivity index (χ2v) is 3.30. The van der Waals surface area contributed by atoms with Crippen molar-refractivity contribution >= 4 is 0 Å². The average Bonchev–Trinajstić information content (AvgIpc) is 2.54. The van der Waals surface area contributed by atoms with Crippen LogP contribution >= 0.6 is 0 Å². The molecule has 13 heavy (non-hydrogen) atoms. The van der Waals surface area contributed by atoms with Gasteiger partial charge in [-0.1, -0.05) is 18.6 Å². The van der Waals surface area contributed by atoms with Crippen LogP contribution in [-0.2, 0) is 6.42 Å². The lowest BCUT2D eigenvalue weighted by Crippen LogP contribution is -2.05. The van der Waals surface area contributed by atoms with Crippen molar-refractivity contribution in [3.8, 4) is 0 Å². The summed E-state index contributed by atoms with van der Waals surface area (Å²) in [5, 5.41) is 16.7. The number of aliphatic hydroxyl groups excluding tert-OH is 1. The molecule has 1 heterocycles. The average molecular weight is 183 g/mol. The van der Waals surface area contributed by atoms with Gasteiger partial charge < -0.3 is 5.11 Å². The van der Waals surface area contributed by atoms with E-state index in [4.69, 9.17) is 5.11 Å². The van der Waals surface area contributed by atoms with Gasteiger partial charge in [0, 0.05) is 19.2 Å². The lowest BCUT2D eigenvalue weighted by atomic mass is 10.2. The van der Waals surface area contributed by atoms with Crippen molar-refractivity contribution < 1.29 is 5.11 Å². The fourth-order valence-corrected chi connectivity index (χ4v) is 1.31. The fourth-order valence-electron chi connectivity index (χ4n) is 1.31. The van der Waals surface area contributed by atoms with Gasteiger partial charge in [0.05, 0.1) is 11.7 Å². The minimum atomic E-state index is 0.140. The number of nitrogens with zero attached hydrogens (tertiary/aromatic N) is 3. The van der Waals surface area contributed by atoms with Gasteiger partial charge >= 0.3 is 0 Å². The van der Waals surface area contributed by atoms with E-state index in [1.54, 1.807) is 0 Å². The number of rotatable bonds is 5. The molecule has 1 unspecified atom stereocenters. The van der Waals surface area contributed by atoms with Crippen molar-refractivity contribution in [3.63, 3.8) is 0 Å². The Kier molecular flexibility index (Phi) is 3.89. The van der Waals surface area contributed by atoms with Gasteiger partial charge in [-0.15, -0.1) is 5.10 Å². The summed E-state index contributed by atoms with van der Waals surface area (Å²) in [5.74, 6) is 0. The summed E-state index contributed by atoms with van der Waals surface area (Å²) < 4.78 is 1.87. The first kappa shape index (κ1) is 10.2. The van der Waals surface area contributed by atoms with Crippen LogP contribution in [0.1, 0.15) is 38.4 Å². The van der Waals surface area contributed by atoms with Crippen LogP contribution in [0.3, 0.4) is 0 Å². The third-order valence-corrected chi connectivity index (χ3v) is 2.08. The van der Waals surface area contributed by atoms with Crippen molar-refractivity contribution in [2.45, 2.75) is 39.2 Å². The molecular formula is C9H17N3O. The molecule has 1 N–H and O–H groups in total. The minimum absolute atomic E-state index is 0.140. The number of aromatic nitrogens is 3. The smallest absolute Gasteiger partial charge is 0.0850 e. The van der Waals surface area contributed by atoms with Gasteiger partial charge in [-0.2, -0.15) is 0 Å². The van der Waals surface area contributed by atoms with Gasteiger partial charge in [0.1, 0.15) is 0 Å². The van der Waals surface area contributed by atoms with E-state index in [9.17, 15) is 0 Å². The predicted octanol–water partition coefficient (Wildman–Crippen LogP) is 1.17. The van der Waals surface area contributed by atoms with E-state index in [1.165, 1.54) is 0 Å². The highest BCUT2D eigenvalue weighted by Crippen LogP contribution is 2.11. The monoisotopic (exact) mass is 183 g/mol. The Labute approximate surface area is 78.6 Å². The molecule has 1 aromatic rings. The van der Waals surface area contributed by atoms with Crippen LogP contribution in [0.25, 0.3) is 0 Å². The first-order valence-corrected chi connectivity index (χ1v) is 4.79. The molecule has 0 bridgehead atoms. The molecule has 0 saturated heterocycles. The standard InChI is InChI=1S/C9H17N3O/c1-3-4-8(2)12-7-9(5-6-13)10-11-12/h7-8,13H,3-6H2,1-2H3. The van der Waals surface area contributed by atoms with E-state index in [1.807, 2.05) is 10.9 Å². The van der Waals surface area contributed by atoms with Crippen molar-refractivity contribution in [1.29, 1.82) is 0 Å². The summed E-state index contributed by atoms with van der Waals surface area (Å²) >= 11 is 0. The molecule has 1 atom stereocenters. The molecular weight excluding hydrogens is 166 g/mol. The summed E-state index contributed by atoms with van der Waals surface area (Å²) in [6, 6.07) is 0.407. The van der Waals surface area contributed by atoms with Crippen LogP contribution in [0.15, 0.2) is 6.20 Å². The van der Waals surface area contributed by atoms with E-state index >= 15 is 0 Å². The van der Waals surface area contributed by atoms with Crippen molar-refractivity contribution in [2.75, 3.05) is 6.61 Å². The molecule has 0 aliphatic carbocycles. The van der Waals surface area contributed by atoms with E-state index < -0.39 is 0 Å². The molecule has 74 valence electrons. The maximum Gasteiger partial charge on any atom is 0.0850 e. The quantitative estimate of drug-likeness (QED) is 0.745. The topological polar surface area (TPSA) is 50.9 Å². The van der Waals surface area contributed by atoms with E-state index in [0.717, 1.165) is 18.5 Å². The number of hydrogen-bond acceptors (Lipinski definition) is 3. The number of hydrogen-bond donors (Lipinski definition) is 1. The van der Waals surface area contributed by atoms with Gasteiger partial charge in [0.25, 0.3) is 0 Å². The van der Waals surface area contributed by atoms with E-state index in [2.05, 4.69) is 24.2 Å². The minimum Gasteiger partial charge on any atom is -0.396 e. The Morgan fingerprint density at radius 2 is 2.38 bits per heavy atom. The zero-order chi connectivity index (χ0) is 9.68. The van der Waals surface area contributed by atoms with Crippen LogP contribution in [0.4, 0.5) is 0 Å². The SMILES string of the molecule is CCCC(C)n1cc(CCO)nn1. The lowest BCUT2D eigenvalue weighted by molar-refractivity contribution is 0.298. The summed E-state index contributed by atoms with van der Waals surface area (Å²) in [5.41, 5.74) is 0.866. The van der Waals surface area contributed by atoms with E-state index in [0.29, 0.717) is 12.5 Å². The largest absolute Gasteiger partial charge is 0.396 e. The molecule has 0 aliphatic heterocycles. The Hall–Kier alpha value is -0.900.